The molecule has 0 bridgehead atoms. The van der Waals surface area contributed by atoms with Gasteiger partial charge in [0.05, 0.1) is 12.0 Å². The topological polar surface area (TPSA) is 29.5 Å². The molecule has 1 aromatic heterocycles. The molecule has 1 aliphatic rings. The van der Waals surface area contributed by atoms with Crippen molar-refractivity contribution < 1.29 is 9.53 Å². The number of thiophene rings is 1. The molecule has 1 saturated heterocycles. The van der Waals surface area contributed by atoms with Crippen LogP contribution in [0.25, 0.3) is 10.1 Å². The van der Waals surface area contributed by atoms with Crippen LogP contribution in [0.2, 0.25) is 0 Å². The Morgan fingerprint density at radius 2 is 1.92 bits per heavy atom. The summed E-state index contributed by atoms with van der Waals surface area (Å²) in [6.45, 7) is 3.67. The molecule has 0 aliphatic carbocycles. The molecule has 4 heteroatoms. The molecule has 1 atom stereocenters. The zero-order valence-electron chi connectivity index (χ0n) is 14.5. The lowest BCUT2D eigenvalue weighted by Gasteiger charge is -2.16. The normalized spacial score (nSPS) is 17.2. The monoisotopic (exact) mass is 351 g/mol. The second-order valence-corrected chi connectivity index (χ2v) is 7.61. The van der Waals surface area contributed by atoms with Crippen LogP contribution in [0.15, 0.2) is 48.5 Å². The summed E-state index contributed by atoms with van der Waals surface area (Å²) in [6.07, 6.45) is 1.02. The van der Waals surface area contributed by atoms with Crippen LogP contribution >= 0.6 is 11.3 Å². The maximum Gasteiger partial charge on any atom is 0.264 e. The van der Waals surface area contributed by atoms with E-state index in [0.717, 1.165) is 35.7 Å². The summed E-state index contributed by atoms with van der Waals surface area (Å²) in [7, 11) is 1.68. The standard InChI is InChI=1S/C21H21NO2S/c1-14-18-5-3-4-6-19(18)25-20(14)21(23)22-12-11-16(13-22)15-7-9-17(24-2)10-8-15/h3-10,16H,11-13H2,1-2H3. The van der Waals surface area contributed by atoms with E-state index in [1.54, 1.807) is 18.4 Å². The highest BCUT2D eigenvalue weighted by molar-refractivity contribution is 7.21. The van der Waals surface area contributed by atoms with Crippen LogP contribution in [-0.4, -0.2) is 31.0 Å². The summed E-state index contributed by atoms with van der Waals surface area (Å²) in [5.74, 6) is 1.45. The van der Waals surface area contributed by atoms with E-state index < -0.39 is 0 Å². The van der Waals surface area contributed by atoms with Crippen molar-refractivity contribution in [1.82, 2.24) is 4.90 Å². The van der Waals surface area contributed by atoms with E-state index in [1.807, 2.05) is 29.2 Å². The molecular formula is C21H21NO2S. The fraction of sp³-hybridized carbons (Fsp3) is 0.286. The van der Waals surface area contributed by atoms with E-state index in [1.165, 1.54) is 15.6 Å². The molecule has 3 nitrogen and oxygen atoms in total. The minimum atomic E-state index is 0.176. The van der Waals surface area contributed by atoms with E-state index >= 15 is 0 Å². The average molecular weight is 351 g/mol. The maximum atomic E-state index is 13.0. The van der Waals surface area contributed by atoms with Gasteiger partial charge in [-0.15, -0.1) is 11.3 Å². The summed E-state index contributed by atoms with van der Waals surface area (Å²) in [5, 5.41) is 1.20. The summed E-state index contributed by atoms with van der Waals surface area (Å²) in [6, 6.07) is 16.5. The lowest BCUT2D eigenvalue weighted by atomic mass is 9.98. The van der Waals surface area contributed by atoms with Gasteiger partial charge in [0, 0.05) is 23.7 Å². The smallest absolute Gasteiger partial charge is 0.264 e. The zero-order chi connectivity index (χ0) is 17.4. The van der Waals surface area contributed by atoms with Gasteiger partial charge >= 0.3 is 0 Å². The number of nitrogens with zero attached hydrogens (tertiary/aromatic N) is 1. The second kappa shape index (κ2) is 6.52. The molecular weight excluding hydrogens is 330 g/mol. The number of fused-ring (bicyclic) bond motifs is 1. The van der Waals surface area contributed by atoms with Gasteiger partial charge in [-0.2, -0.15) is 0 Å². The molecule has 1 amide bonds. The molecule has 128 valence electrons. The SMILES string of the molecule is COc1ccc(C2CCN(C(=O)c3sc4ccccc4c3C)C2)cc1. The number of rotatable bonds is 3. The van der Waals surface area contributed by atoms with Crippen molar-refractivity contribution in [2.24, 2.45) is 0 Å². The fourth-order valence-electron chi connectivity index (χ4n) is 3.61. The largest absolute Gasteiger partial charge is 0.497 e. The van der Waals surface area contributed by atoms with Gasteiger partial charge in [0.25, 0.3) is 5.91 Å². The number of aryl methyl sites for hydroxylation is 1. The van der Waals surface area contributed by atoms with Gasteiger partial charge < -0.3 is 9.64 Å². The van der Waals surface area contributed by atoms with Crippen LogP contribution in [0.5, 0.6) is 5.75 Å². The first-order chi connectivity index (χ1) is 12.2. The molecule has 4 rings (SSSR count). The van der Waals surface area contributed by atoms with Gasteiger partial charge in [0.2, 0.25) is 0 Å². The minimum absolute atomic E-state index is 0.176. The highest BCUT2D eigenvalue weighted by Gasteiger charge is 2.29. The van der Waals surface area contributed by atoms with Crippen LogP contribution in [0, 0.1) is 6.92 Å². The zero-order valence-corrected chi connectivity index (χ0v) is 15.3. The summed E-state index contributed by atoms with van der Waals surface area (Å²) < 4.78 is 6.42. The molecule has 3 aromatic rings. The van der Waals surface area contributed by atoms with E-state index in [0.29, 0.717) is 5.92 Å². The van der Waals surface area contributed by atoms with Gasteiger partial charge in [0.15, 0.2) is 0 Å². The van der Waals surface area contributed by atoms with E-state index in [-0.39, 0.29) is 5.91 Å². The van der Waals surface area contributed by atoms with Gasteiger partial charge in [0.1, 0.15) is 5.75 Å². The summed E-state index contributed by atoms with van der Waals surface area (Å²) >= 11 is 1.61. The van der Waals surface area contributed by atoms with Crippen molar-refractivity contribution >= 4 is 27.3 Å². The number of hydrogen-bond acceptors (Lipinski definition) is 3. The third-order valence-electron chi connectivity index (χ3n) is 5.10. The highest BCUT2D eigenvalue weighted by atomic mass is 32.1. The first-order valence-electron chi connectivity index (χ1n) is 8.58. The van der Waals surface area contributed by atoms with E-state index in [9.17, 15) is 4.79 Å². The lowest BCUT2D eigenvalue weighted by molar-refractivity contribution is 0.0795. The van der Waals surface area contributed by atoms with Crippen LogP contribution < -0.4 is 4.74 Å². The van der Waals surface area contributed by atoms with Crippen molar-refractivity contribution in [1.29, 1.82) is 0 Å². The molecule has 1 unspecified atom stereocenters. The first kappa shape index (κ1) is 16.2. The molecule has 1 fully saturated rings. The van der Waals surface area contributed by atoms with Gasteiger partial charge in [-0.1, -0.05) is 30.3 Å². The number of benzene rings is 2. The second-order valence-electron chi connectivity index (χ2n) is 6.56. The molecule has 2 heterocycles. The molecule has 1 aliphatic heterocycles. The number of carbonyl (C=O) groups excluding carboxylic acids is 1. The van der Waals surface area contributed by atoms with Gasteiger partial charge in [-0.3, -0.25) is 4.79 Å². The number of methoxy groups -OCH3 is 1. The molecule has 0 radical (unpaired) electrons. The van der Waals surface area contributed by atoms with Crippen molar-refractivity contribution in [2.75, 3.05) is 20.2 Å². The Hall–Kier alpha value is -2.33. The number of likely N-dealkylation sites (tertiary alicyclic amines) is 1. The van der Waals surface area contributed by atoms with Crippen LogP contribution in [-0.2, 0) is 0 Å². The third-order valence-corrected chi connectivity index (χ3v) is 6.36. The summed E-state index contributed by atoms with van der Waals surface area (Å²) in [5.41, 5.74) is 2.39. The first-order valence-corrected chi connectivity index (χ1v) is 9.40. The third kappa shape index (κ3) is 2.91. The molecule has 0 saturated carbocycles. The molecule has 25 heavy (non-hydrogen) atoms. The Morgan fingerprint density at radius 1 is 1.16 bits per heavy atom. The predicted molar refractivity (Wildman–Crippen MR) is 103 cm³/mol. The van der Waals surface area contributed by atoms with Gasteiger partial charge in [-0.25, -0.2) is 0 Å². The van der Waals surface area contributed by atoms with E-state index in [4.69, 9.17) is 4.74 Å². The molecule has 0 spiro atoms. The van der Waals surface area contributed by atoms with Crippen molar-refractivity contribution in [3.8, 4) is 5.75 Å². The van der Waals surface area contributed by atoms with Gasteiger partial charge in [-0.05, 0) is 48.1 Å². The Labute approximate surface area is 151 Å². The molecule has 0 N–H and O–H groups in total. The number of hydrogen-bond donors (Lipinski definition) is 0. The highest BCUT2D eigenvalue weighted by Crippen LogP contribution is 2.34. The van der Waals surface area contributed by atoms with Crippen LogP contribution in [0.3, 0.4) is 0 Å². The fourth-order valence-corrected chi connectivity index (χ4v) is 4.79. The predicted octanol–water partition coefficient (Wildman–Crippen LogP) is 4.85. The molecule has 2 aromatic carbocycles. The lowest BCUT2D eigenvalue weighted by Crippen LogP contribution is -2.28. The van der Waals surface area contributed by atoms with E-state index in [2.05, 4.69) is 31.2 Å². The Bertz CT molecular complexity index is 913. The average Bonchev–Trinajstić information content (AvgIpc) is 3.27. The minimum Gasteiger partial charge on any atom is -0.497 e. The van der Waals surface area contributed by atoms with Crippen LogP contribution in [0.1, 0.15) is 33.1 Å². The maximum absolute atomic E-state index is 13.0. The Balaban J connectivity index is 1.54. The van der Waals surface area contributed by atoms with Crippen LogP contribution in [0.4, 0.5) is 0 Å². The summed E-state index contributed by atoms with van der Waals surface area (Å²) in [4.78, 5) is 15.9. The number of carbonyl (C=O) groups is 1. The van der Waals surface area contributed by atoms with Crippen molar-refractivity contribution in [3.05, 3.63) is 64.5 Å². The number of ether oxygens (including phenoxy) is 1. The Kier molecular flexibility index (Phi) is 4.22. The Morgan fingerprint density at radius 3 is 2.64 bits per heavy atom. The quantitative estimate of drug-likeness (QED) is 0.675. The van der Waals surface area contributed by atoms with Crippen molar-refractivity contribution in [3.63, 3.8) is 0 Å². The van der Waals surface area contributed by atoms with Crippen molar-refractivity contribution in [2.45, 2.75) is 19.3 Å². The number of amides is 1.